The fourth-order valence-corrected chi connectivity index (χ4v) is 4.21. The van der Waals surface area contributed by atoms with Crippen molar-refractivity contribution in [2.24, 2.45) is 0 Å². The lowest BCUT2D eigenvalue weighted by Crippen LogP contribution is -2.59. The Bertz CT molecular complexity index is 1060. The molecule has 2 aromatic carbocycles. The molecule has 0 aliphatic carbocycles. The van der Waals surface area contributed by atoms with Crippen LogP contribution >= 0.6 is 0 Å². The molecule has 2 aromatic rings. The molecular formula is C26H34O11. The highest BCUT2D eigenvalue weighted by Gasteiger charge is 2.44. The number of hydrogen-bond donors (Lipinski definition) is 7. The highest BCUT2D eigenvalue weighted by molar-refractivity contribution is 5.60. The molecule has 204 valence electrons. The van der Waals surface area contributed by atoms with Gasteiger partial charge in [-0.2, -0.15) is 0 Å². The Balaban J connectivity index is 1.97. The molecule has 0 aromatic heterocycles. The molecule has 1 fully saturated rings. The van der Waals surface area contributed by atoms with Crippen LogP contribution in [0.25, 0.3) is 6.08 Å². The first kappa shape index (κ1) is 28.7. The molecule has 0 bridgehead atoms. The molecule has 6 unspecified atom stereocenters. The van der Waals surface area contributed by atoms with Crippen molar-refractivity contribution in [2.75, 3.05) is 34.0 Å². The number of rotatable bonds is 11. The first-order valence-electron chi connectivity index (χ1n) is 11.7. The third-order valence-corrected chi connectivity index (χ3v) is 6.24. The van der Waals surface area contributed by atoms with Crippen LogP contribution < -0.4 is 9.47 Å². The van der Waals surface area contributed by atoms with E-state index in [9.17, 15) is 35.7 Å². The van der Waals surface area contributed by atoms with Crippen molar-refractivity contribution in [1.29, 1.82) is 0 Å². The summed E-state index contributed by atoms with van der Waals surface area (Å²) in [6.45, 7) is -0.913. The maximum atomic E-state index is 11.0. The van der Waals surface area contributed by atoms with Crippen molar-refractivity contribution in [1.82, 2.24) is 0 Å². The topological polar surface area (TPSA) is 179 Å². The smallest absolute Gasteiger partial charge is 0.186 e. The summed E-state index contributed by atoms with van der Waals surface area (Å²) in [7, 11) is 2.83. The van der Waals surface area contributed by atoms with Crippen molar-refractivity contribution >= 4 is 6.08 Å². The first-order valence-corrected chi connectivity index (χ1v) is 11.7. The number of aliphatic hydroxyl groups excluding tert-OH is 5. The van der Waals surface area contributed by atoms with Gasteiger partial charge in [0.1, 0.15) is 24.4 Å². The molecule has 0 spiro atoms. The summed E-state index contributed by atoms with van der Waals surface area (Å²) in [5.74, 6) is -0.306. The van der Waals surface area contributed by atoms with E-state index in [1.165, 1.54) is 26.4 Å². The Morgan fingerprint density at radius 1 is 0.946 bits per heavy atom. The van der Waals surface area contributed by atoms with Gasteiger partial charge < -0.3 is 54.7 Å². The number of phenolic OH excluding ortho intramolecular Hbond substituents is 2. The maximum absolute atomic E-state index is 11.0. The molecule has 1 aliphatic rings. The monoisotopic (exact) mass is 522 g/mol. The van der Waals surface area contributed by atoms with Gasteiger partial charge in [-0.05, 0) is 41.8 Å². The number of hydrogen-bond acceptors (Lipinski definition) is 11. The number of methoxy groups -OCH3 is 2. The molecule has 0 radical (unpaired) electrons. The summed E-state index contributed by atoms with van der Waals surface area (Å²) in [6.07, 6.45) is -3.76. The quantitative estimate of drug-likeness (QED) is 0.215. The summed E-state index contributed by atoms with van der Waals surface area (Å²) in [4.78, 5) is 0. The zero-order valence-corrected chi connectivity index (χ0v) is 20.6. The first-order chi connectivity index (χ1) is 17.7. The van der Waals surface area contributed by atoms with Crippen molar-refractivity contribution in [3.05, 3.63) is 53.1 Å². The number of benzene rings is 2. The van der Waals surface area contributed by atoms with Crippen LogP contribution in [0.15, 0.2) is 36.4 Å². The standard InChI is InChI=1S/C26H34O11/c1-34-19-10-15(5-6-18(19)29)8-16(13-36-26-25(33)24(32)23(31)21(12-28)37-26)17-9-14(4-3-7-27)11-20(35-2)22(17)30/h3-6,9-11,16,21,23-33H,7-8,12-13H2,1-2H3. The van der Waals surface area contributed by atoms with E-state index in [0.29, 0.717) is 11.1 Å². The van der Waals surface area contributed by atoms with E-state index in [-0.39, 0.29) is 42.6 Å². The normalized spacial score (nSPS) is 24.8. The molecule has 37 heavy (non-hydrogen) atoms. The molecule has 11 nitrogen and oxygen atoms in total. The van der Waals surface area contributed by atoms with Gasteiger partial charge in [0.15, 0.2) is 29.3 Å². The van der Waals surface area contributed by atoms with Gasteiger partial charge in [-0.15, -0.1) is 0 Å². The minimum absolute atomic E-state index is 0.0407. The maximum Gasteiger partial charge on any atom is 0.186 e. The highest BCUT2D eigenvalue weighted by atomic mass is 16.7. The lowest BCUT2D eigenvalue weighted by molar-refractivity contribution is -0.301. The summed E-state index contributed by atoms with van der Waals surface area (Å²) >= 11 is 0. The molecular weight excluding hydrogens is 488 g/mol. The average Bonchev–Trinajstić information content (AvgIpc) is 2.90. The van der Waals surface area contributed by atoms with Crippen LogP contribution in [0.1, 0.15) is 22.6 Å². The SMILES string of the molecule is COc1cc(CC(COC2OC(CO)C(O)C(O)C2O)c2cc(C=CCO)cc(OC)c2O)ccc1O. The third kappa shape index (κ3) is 6.70. The predicted molar refractivity (Wildman–Crippen MR) is 132 cm³/mol. The fraction of sp³-hybridized carbons (Fsp3) is 0.462. The van der Waals surface area contributed by atoms with E-state index >= 15 is 0 Å². The van der Waals surface area contributed by atoms with Crippen molar-refractivity contribution in [2.45, 2.75) is 43.0 Å². The summed E-state index contributed by atoms with van der Waals surface area (Å²) < 4.78 is 21.8. The van der Waals surface area contributed by atoms with Crippen LogP contribution in [-0.2, 0) is 15.9 Å². The van der Waals surface area contributed by atoms with Gasteiger partial charge in [-0.1, -0.05) is 18.2 Å². The Hall–Kier alpha value is -2.90. The van der Waals surface area contributed by atoms with Gasteiger partial charge in [0.25, 0.3) is 0 Å². The molecule has 7 N–H and O–H groups in total. The van der Waals surface area contributed by atoms with Gasteiger partial charge in [0.05, 0.1) is 34.0 Å². The van der Waals surface area contributed by atoms with Gasteiger partial charge in [0, 0.05) is 11.5 Å². The van der Waals surface area contributed by atoms with Crippen molar-refractivity contribution in [3.63, 3.8) is 0 Å². The van der Waals surface area contributed by atoms with Gasteiger partial charge in [0.2, 0.25) is 0 Å². The second-order valence-corrected chi connectivity index (χ2v) is 8.68. The summed E-state index contributed by atoms with van der Waals surface area (Å²) in [5.41, 5.74) is 1.79. The molecule has 11 heteroatoms. The highest BCUT2D eigenvalue weighted by Crippen LogP contribution is 2.39. The number of ether oxygens (including phenoxy) is 4. The van der Waals surface area contributed by atoms with Crippen LogP contribution in [0.3, 0.4) is 0 Å². The fourth-order valence-electron chi connectivity index (χ4n) is 4.21. The van der Waals surface area contributed by atoms with E-state index < -0.39 is 43.2 Å². The van der Waals surface area contributed by atoms with E-state index in [0.717, 1.165) is 5.56 Å². The Kier molecular flexibility index (Phi) is 10.1. The van der Waals surface area contributed by atoms with Crippen LogP contribution in [0.2, 0.25) is 0 Å². The average molecular weight is 523 g/mol. The van der Waals surface area contributed by atoms with Crippen LogP contribution in [-0.4, -0.2) is 100 Å². The largest absolute Gasteiger partial charge is 0.504 e. The Labute approximate surface area is 214 Å². The van der Waals surface area contributed by atoms with E-state index in [4.69, 9.17) is 18.9 Å². The molecule has 1 heterocycles. The van der Waals surface area contributed by atoms with E-state index in [1.54, 1.807) is 30.3 Å². The molecule has 0 saturated carbocycles. The second kappa shape index (κ2) is 13.1. The molecule has 0 amide bonds. The minimum atomic E-state index is -1.60. The lowest BCUT2D eigenvalue weighted by Gasteiger charge is -2.40. The van der Waals surface area contributed by atoms with Crippen LogP contribution in [0.4, 0.5) is 0 Å². The summed E-state index contributed by atoms with van der Waals surface area (Å²) in [5, 5.41) is 70.1. The van der Waals surface area contributed by atoms with Gasteiger partial charge in [-0.25, -0.2) is 0 Å². The van der Waals surface area contributed by atoms with Crippen LogP contribution in [0.5, 0.6) is 23.0 Å². The molecule has 1 saturated heterocycles. The second-order valence-electron chi connectivity index (χ2n) is 8.68. The Morgan fingerprint density at radius 3 is 2.32 bits per heavy atom. The summed E-state index contributed by atoms with van der Waals surface area (Å²) in [6, 6.07) is 8.10. The Morgan fingerprint density at radius 2 is 1.68 bits per heavy atom. The van der Waals surface area contributed by atoms with Crippen molar-refractivity contribution < 1.29 is 54.7 Å². The zero-order valence-electron chi connectivity index (χ0n) is 20.6. The predicted octanol–water partition coefficient (Wildman–Crippen LogP) is 0.263. The van der Waals surface area contributed by atoms with Crippen LogP contribution in [0, 0.1) is 0 Å². The van der Waals surface area contributed by atoms with Gasteiger partial charge >= 0.3 is 0 Å². The van der Waals surface area contributed by atoms with E-state index in [1.807, 2.05) is 0 Å². The number of aromatic hydroxyl groups is 2. The van der Waals surface area contributed by atoms with E-state index in [2.05, 4.69) is 0 Å². The molecule has 3 rings (SSSR count). The van der Waals surface area contributed by atoms with Crippen molar-refractivity contribution in [3.8, 4) is 23.0 Å². The van der Waals surface area contributed by atoms with Gasteiger partial charge in [-0.3, -0.25) is 0 Å². The third-order valence-electron chi connectivity index (χ3n) is 6.24. The number of phenols is 2. The lowest BCUT2D eigenvalue weighted by atomic mass is 9.90. The molecule has 1 aliphatic heterocycles. The molecule has 6 atom stereocenters. The zero-order chi connectivity index (χ0) is 27.1. The number of aliphatic hydroxyl groups is 5. The minimum Gasteiger partial charge on any atom is -0.504 e.